The molecular formula is C24H20N4O2S. The summed E-state index contributed by atoms with van der Waals surface area (Å²) >= 11 is 1.55. The normalized spacial score (nSPS) is 11.0. The van der Waals surface area contributed by atoms with Crippen LogP contribution >= 0.6 is 11.3 Å². The molecule has 0 aliphatic heterocycles. The number of pyridine rings is 1. The van der Waals surface area contributed by atoms with Gasteiger partial charge in [-0.2, -0.15) is 0 Å². The Kier molecular flexibility index (Phi) is 5.77. The third kappa shape index (κ3) is 4.31. The molecule has 2 aromatic heterocycles. The van der Waals surface area contributed by atoms with Crippen molar-refractivity contribution in [2.75, 3.05) is 18.1 Å². The van der Waals surface area contributed by atoms with E-state index >= 15 is 0 Å². The molecule has 0 unspecified atom stereocenters. The van der Waals surface area contributed by atoms with Gasteiger partial charge in [-0.05, 0) is 41.3 Å². The van der Waals surface area contributed by atoms with E-state index in [1.54, 1.807) is 42.8 Å². The second-order valence-electron chi connectivity index (χ2n) is 6.80. The Bertz CT molecular complexity index is 1280. The lowest BCUT2D eigenvalue weighted by molar-refractivity contribution is -0.115. The van der Waals surface area contributed by atoms with Gasteiger partial charge in [0.15, 0.2) is 0 Å². The minimum atomic E-state index is -0.185. The molecule has 0 bridgehead atoms. The molecule has 31 heavy (non-hydrogen) atoms. The van der Waals surface area contributed by atoms with E-state index < -0.39 is 0 Å². The van der Waals surface area contributed by atoms with Crippen LogP contribution < -0.4 is 16.4 Å². The fourth-order valence-electron chi connectivity index (χ4n) is 3.19. The van der Waals surface area contributed by atoms with E-state index in [1.165, 1.54) is 6.08 Å². The molecule has 2 aromatic carbocycles. The molecule has 0 aliphatic carbocycles. The van der Waals surface area contributed by atoms with Gasteiger partial charge in [0.05, 0.1) is 0 Å². The Hall–Kier alpha value is -3.97. The van der Waals surface area contributed by atoms with Crippen LogP contribution in [0.4, 0.5) is 11.5 Å². The average Bonchev–Trinajstić information content (AvgIpc) is 3.26. The maximum atomic E-state index is 12.3. The summed E-state index contributed by atoms with van der Waals surface area (Å²) in [6.45, 7) is 0. The third-order valence-electron chi connectivity index (χ3n) is 4.80. The predicted molar refractivity (Wildman–Crippen MR) is 127 cm³/mol. The smallest absolute Gasteiger partial charge is 0.255 e. The molecule has 0 aliphatic rings. The lowest BCUT2D eigenvalue weighted by Gasteiger charge is -2.07. The van der Waals surface area contributed by atoms with E-state index in [-0.39, 0.29) is 11.8 Å². The van der Waals surface area contributed by atoms with Crippen LogP contribution in [0.15, 0.2) is 72.3 Å². The van der Waals surface area contributed by atoms with Crippen LogP contribution in [0, 0.1) is 0 Å². The minimum absolute atomic E-state index is 0.157. The molecule has 0 fully saturated rings. The van der Waals surface area contributed by atoms with Crippen LogP contribution in [0.25, 0.3) is 27.3 Å². The van der Waals surface area contributed by atoms with Crippen LogP contribution in [0.3, 0.4) is 0 Å². The molecule has 0 saturated carbocycles. The van der Waals surface area contributed by atoms with Crippen molar-refractivity contribution in [3.05, 3.63) is 83.4 Å². The maximum absolute atomic E-state index is 12.3. The average molecular weight is 429 g/mol. The number of nitrogen functional groups attached to an aromatic ring is 1. The van der Waals surface area contributed by atoms with Crippen molar-refractivity contribution >= 4 is 50.8 Å². The van der Waals surface area contributed by atoms with Crippen molar-refractivity contribution in [3.8, 4) is 11.1 Å². The largest absolute Gasteiger partial charge is 0.383 e. The Morgan fingerprint density at radius 3 is 2.52 bits per heavy atom. The first-order chi connectivity index (χ1) is 15.1. The van der Waals surface area contributed by atoms with Gasteiger partial charge in [0, 0.05) is 51.8 Å². The molecule has 2 amide bonds. The highest BCUT2D eigenvalue weighted by Gasteiger charge is 2.13. The lowest BCUT2D eigenvalue weighted by Crippen LogP contribution is -2.13. The number of likely N-dealkylation sites (N-methyl/N-ethyl adjacent to an activating group) is 1. The Balaban J connectivity index is 1.62. The fourth-order valence-corrected chi connectivity index (χ4v) is 4.27. The number of anilines is 2. The van der Waals surface area contributed by atoms with Gasteiger partial charge in [-0.25, -0.2) is 4.98 Å². The topological polar surface area (TPSA) is 97.1 Å². The molecule has 4 N–H and O–H groups in total. The number of thiophene rings is 1. The van der Waals surface area contributed by atoms with Crippen molar-refractivity contribution in [3.63, 3.8) is 0 Å². The predicted octanol–water partition coefficient (Wildman–Crippen LogP) is 4.56. The van der Waals surface area contributed by atoms with Gasteiger partial charge < -0.3 is 16.4 Å². The number of benzene rings is 2. The number of aromatic nitrogens is 1. The molecular weight excluding hydrogens is 408 g/mol. The number of nitrogens with zero attached hydrogens (tertiary/aromatic N) is 1. The van der Waals surface area contributed by atoms with Gasteiger partial charge in [-0.3, -0.25) is 9.59 Å². The molecule has 0 atom stereocenters. The lowest BCUT2D eigenvalue weighted by atomic mass is 10.0. The summed E-state index contributed by atoms with van der Waals surface area (Å²) in [6, 6.07) is 16.7. The first kappa shape index (κ1) is 20.3. The van der Waals surface area contributed by atoms with Gasteiger partial charge >= 0.3 is 0 Å². The number of carbonyl (C=O) groups excluding carboxylic acids is 2. The standard InChI is InChI=1S/C24H20N4O2S/c1-26-20(29)12-9-17-13-27-23(25)21-19(14-31-22(17)21)15-7-10-18(11-8-15)28-24(30)16-5-3-2-4-6-16/h2-14H,1H3,(H2,25,27)(H,26,29)(H,28,30)/b12-9+. The van der Waals surface area contributed by atoms with Gasteiger partial charge in [-0.15, -0.1) is 11.3 Å². The van der Waals surface area contributed by atoms with E-state index in [1.807, 2.05) is 47.8 Å². The van der Waals surface area contributed by atoms with Crippen LogP contribution in [-0.2, 0) is 4.79 Å². The third-order valence-corrected chi connectivity index (χ3v) is 5.83. The second-order valence-corrected chi connectivity index (χ2v) is 7.68. The van der Waals surface area contributed by atoms with Gasteiger partial charge in [0.2, 0.25) is 5.91 Å². The SMILES string of the molecule is CNC(=O)/C=C/c1cnc(N)c2c(-c3ccc(NC(=O)c4ccccc4)cc3)csc12. The zero-order valence-electron chi connectivity index (χ0n) is 16.8. The highest BCUT2D eigenvalue weighted by atomic mass is 32.1. The van der Waals surface area contributed by atoms with Crippen molar-refractivity contribution in [2.24, 2.45) is 0 Å². The summed E-state index contributed by atoms with van der Waals surface area (Å²) in [5.74, 6) is 0.0926. The van der Waals surface area contributed by atoms with E-state index in [9.17, 15) is 9.59 Å². The molecule has 154 valence electrons. The van der Waals surface area contributed by atoms with Crippen LogP contribution in [-0.4, -0.2) is 23.8 Å². The van der Waals surface area contributed by atoms with Crippen LogP contribution in [0.2, 0.25) is 0 Å². The molecule has 7 heteroatoms. The van der Waals surface area contributed by atoms with Crippen LogP contribution in [0.5, 0.6) is 0 Å². The number of carbonyl (C=O) groups is 2. The first-order valence-corrected chi connectivity index (χ1v) is 10.5. The molecule has 0 spiro atoms. The summed E-state index contributed by atoms with van der Waals surface area (Å²) in [4.78, 5) is 28.2. The quantitative estimate of drug-likeness (QED) is 0.406. The summed E-state index contributed by atoms with van der Waals surface area (Å²) in [7, 11) is 1.58. The zero-order valence-corrected chi connectivity index (χ0v) is 17.6. The van der Waals surface area contributed by atoms with Gasteiger partial charge in [-0.1, -0.05) is 30.3 Å². The number of hydrogen-bond acceptors (Lipinski definition) is 5. The van der Waals surface area contributed by atoms with E-state index in [0.29, 0.717) is 17.1 Å². The number of nitrogens with one attached hydrogen (secondary N) is 2. The molecule has 0 radical (unpaired) electrons. The van der Waals surface area contributed by atoms with Gasteiger partial charge in [0.1, 0.15) is 5.82 Å². The molecule has 2 heterocycles. The number of rotatable bonds is 5. The number of fused-ring (bicyclic) bond motifs is 1. The minimum Gasteiger partial charge on any atom is -0.383 e. The highest BCUT2D eigenvalue weighted by molar-refractivity contribution is 7.18. The number of nitrogens with two attached hydrogens (primary N) is 1. The summed E-state index contributed by atoms with van der Waals surface area (Å²) < 4.78 is 0.962. The monoisotopic (exact) mass is 428 g/mol. The van der Waals surface area contributed by atoms with Crippen molar-refractivity contribution in [2.45, 2.75) is 0 Å². The van der Waals surface area contributed by atoms with E-state index in [4.69, 9.17) is 5.73 Å². The second kappa shape index (κ2) is 8.81. The Labute approximate surface area is 183 Å². The van der Waals surface area contributed by atoms with Crippen molar-refractivity contribution in [1.82, 2.24) is 10.3 Å². The Morgan fingerprint density at radius 1 is 1.06 bits per heavy atom. The molecule has 4 rings (SSSR count). The first-order valence-electron chi connectivity index (χ1n) is 9.59. The number of amides is 2. The van der Waals surface area contributed by atoms with Crippen molar-refractivity contribution in [1.29, 1.82) is 0 Å². The maximum Gasteiger partial charge on any atom is 0.255 e. The summed E-state index contributed by atoms with van der Waals surface area (Å²) in [6.07, 6.45) is 4.87. The summed E-state index contributed by atoms with van der Waals surface area (Å²) in [5, 5.41) is 8.34. The molecule has 6 nitrogen and oxygen atoms in total. The fraction of sp³-hybridized carbons (Fsp3) is 0.0417. The zero-order chi connectivity index (χ0) is 21.8. The van der Waals surface area contributed by atoms with Crippen LogP contribution in [0.1, 0.15) is 15.9 Å². The van der Waals surface area contributed by atoms with E-state index in [0.717, 1.165) is 26.8 Å². The number of hydrogen-bond donors (Lipinski definition) is 3. The van der Waals surface area contributed by atoms with Crippen molar-refractivity contribution < 1.29 is 9.59 Å². The van der Waals surface area contributed by atoms with E-state index in [2.05, 4.69) is 15.6 Å². The highest BCUT2D eigenvalue weighted by Crippen LogP contribution is 2.39. The summed E-state index contributed by atoms with van der Waals surface area (Å²) in [5.41, 5.74) is 10.2. The Morgan fingerprint density at radius 2 is 1.81 bits per heavy atom. The molecule has 0 saturated heterocycles. The molecule has 4 aromatic rings. The van der Waals surface area contributed by atoms with Gasteiger partial charge in [0.25, 0.3) is 5.91 Å².